The second-order valence-electron chi connectivity index (χ2n) is 4.49. The number of ether oxygens (including phenoxy) is 1. The molecule has 0 aliphatic carbocycles. The van der Waals surface area contributed by atoms with E-state index >= 15 is 0 Å². The zero-order valence-electron chi connectivity index (χ0n) is 12.0. The molecular weight excluding hydrogens is 340 g/mol. The van der Waals surface area contributed by atoms with E-state index in [1.165, 1.54) is 0 Å². The summed E-state index contributed by atoms with van der Waals surface area (Å²) in [4.78, 5) is 23.2. The molecule has 116 valence electrons. The predicted molar refractivity (Wildman–Crippen MR) is 81.7 cm³/mol. The number of esters is 1. The normalized spacial score (nSPS) is 11.8. The number of phenols is 1. The number of benzene rings is 1. The van der Waals surface area contributed by atoms with Crippen molar-refractivity contribution in [2.75, 3.05) is 13.2 Å². The standard InChI is InChI=1S/C14H19BrN2O4/c1-3-21-13(19)6-11(17-12(18)7-16)10-5-9(15)4-8(2)14(10)20/h4-5,11,20H,3,6-7,16H2,1-2H3,(H,17,18)/t11-/m0/s1. The summed E-state index contributed by atoms with van der Waals surface area (Å²) in [6, 6.07) is 2.70. The molecule has 1 aromatic carbocycles. The summed E-state index contributed by atoms with van der Waals surface area (Å²) in [7, 11) is 0. The first kappa shape index (κ1) is 17.5. The zero-order valence-corrected chi connectivity index (χ0v) is 13.6. The molecule has 6 nitrogen and oxygen atoms in total. The number of carbonyl (C=O) groups excluding carboxylic acids is 2. The van der Waals surface area contributed by atoms with E-state index in [1.54, 1.807) is 26.0 Å². The van der Waals surface area contributed by atoms with E-state index in [0.29, 0.717) is 11.1 Å². The molecule has 0 fully saturated rings. The fourth-order valence-electron chi connectivity index (χ4n) is 1.91. The Morgan fingerprint density at radius 3 is 2.71 bits per heavy atom. The van der Waals surface area contributed by atoms with Crippen LogP contribution in [0.4, 0.5) is 0 Å². The Morgan fingerprint density at radius 2 is 2.14 bits per heavy atom. The van der Waals surface area contributed by atoms with Crippen molar-refractivity contribution in [2.45, 2.75) is 26.3 Å². The van der Waals surface area contributed by atoms with Crippen LogP contribution in [0, 0.1) is 6.92 Å². The number of halogens is 1. The van der Waals surface area contributed by atoms with Crippen LogP contribution in [0.1, 0.15) is 30.5 Å². The van der Waals surface area contributed by atoms with Gasteiger partial charge in [-0.3, -0.25) is 9.59 Å². The van der Waals surface area contributed by atoms with Crippen LogP contribution in [0.3, 0.4) is 0 Å². The van der Waals surface area contributed by atoms with Gasteiger partial charge in [0, 0.05) is 10.0 Å². The Labute approximate surface area is 131 Å². The van der Waals surface area contributed by atoms with Crippen LogP contribution in [0.2, 0.25) is 0 Å². The molecule has 1 aromatic rings. The highest BCUT2D eigenvalue weighted by Gasteiger charge is 2.23. The maximum Gasteiger partial charge on any atom is 0.308 e. The van der Waals surface area contributed by atoms with Crippen molar-refractivity contribution in [1.82, 2.24) is 5.32 Å². The summed E-state index contributed by atoms with van der Waals surface area (Å²) < 4.78 is 5.63. The first-order valence-electron chi connectivity index (χ1n) is 6.53. The van der Waals surface area contributed by atoms with Gasteiger partial charge in [0.1, 0.15) is 5.75 Å². The number of rotatable bonds is 6. The molecule has 0 aliphatic heterocycles. The first-order valence-corrected chi connectivity index (χ1v) is 7.32. The molecule has 0 unspecified atom stereocenters. The number of nitrogens with one attached hydrogen (secondary N) is 1. The van der Waals surface area contributed by atoms with Gasteiger partial charge < -0.3 is 20.9 Å². The van der Waals surface area contributed by atoms with Crippen LogP contribution in [-0.4, -0.2) is 30.1 Å². The zero-order chi connectivity index (χ0) is 16.0. The number of amides is 1. The van der Waals surface area contributed by atoms with Gasteiger partial charge in [0.25, 0.3) is 0 Å². The maximum atomic E-state index is 11.7. The second-order valence-corrected chi connectivity index (χ2v) is 5.41. The van der Waals surface area contributed by atoms with Crippen molar-refractivity contribution in [3.8, 4) is 5.75 Å². The van der Waals surface area contributed by atoms with Crippen molar-refractivity contribution in [3.63, 3.8) is 0 Å². The van der Waals surface area contributed by atoms with Gasteiger partial charge >= 0.3 is 5.97 Å². The number of aromatic hydroxyl groups is 1. The van der Waals surface area contributed by atoms with Gasteiger partial charge in [-0.15, -0.1) is 0 Å². The van der Waals surface area contributed by atoms with Crippen LogP contribution in [-0.2, 0) is 14.3 Å². The summed E-state index contributed by atoms with van der Waals surface area (Å²) in [6.07, 6.45) is -0.0803. The van der Waals surface area contributed by atoms with Crippen LogP contribution in [0.5, 0.6) is 5.75 Å². The molecule has 0 saturated carbocycles. The summed E-state index contributed by atoms with van der Waals surface area (Å²) in [6.45, 7) is 3.48. The number of carbonyl (C=O) groups is 2. The lowest BCUT2D eigenvalue weighted by atomic mass is 10.00. The number of hydrogen-bond acceptors (Lipinski definition) is 5. The van der Waals surface area contributed by atoms with Crippen molar-refractivity contribution in [1.29, 1.82) is 0 Å². The first-order chi connectivity index (χ1) is 9.88. The lowest BCUT2D eigenvalue weighted by Crippen LogP contribution is -2.35. The molecule has 0 aliphatic rings. The average Bonchev–Trinajstić information content (AvgIpc) is 2.42. The van der Waals surface area contributed by atoms with Gasteiger partial charge in [0.2, 0.25) is 5.91 Å². The molecule has 0 aromatic heterocycles. The minimum Gasteiger partial charge on any atom is -0.507 e. The number of aryl methyl sites for hydroxylation is 1. The molecule has 0 radical (unpaired) electrons. The lowest BCUT2D eigenvalue weighted by molar-refractivity contribution is -0.143. The summed E-state index contributed by atoms with van der Waals surface area (Å²) in [5, 5.41) is 12.8. The Bertz CT molecular complexity index is 534. The van der Waals surface area contributed by atoms with E-state index in [4.69, 9.17) is 10.5 Å². The fraction of sp³-hybridized carbons (Fsp3) is 0.429. The van der Waals surface area contributed by atoms with E-state index in [1.807, 2.05) is 0 Å². The highest BCUT2D eigenvalue weighted by molar-refractivity contribution is 9.10. The number of hydrogen-bond donors (Lipinski definition) is 3. The molecule has 0 spiro atoms. The van der Waals surface area contributed by atoms with Crippen molar-refractivity contribution in [3.05, 3.63) is 27.7 Å². The van der Waals surface area contributed by atoms with E-state index in [2.05, 4.69) is 21.2 Å². The van der Waals surface area contributed by atoms with Gasteiger partial charge in [0.15, 0.2) is 0 Å². The van der Waals surface area contributed by atoms with Crippen molar-refractivity contribution in [2.24, 2.45) is 5.73 Å². The SMILES string of the molecule is CCOC(=O)C[C@H](NC(=O)CN)c1cc(Br)cc(C)c1O. The van der Waals surface area contributed by atoms with Gasteiger partial charge in [-0.2, -0.15) is 0 Å². The molecule has 0 saturated heterocycles. The topological polar surface area (TPSA) is 102 Å². The van der Waals surface area contributed by atoms with Crippen LogP contribution < -0.4 is 11.1 Å². The van der Waals surface area contributed by atoms with Gasteiger partial charge in [-0.1, -0.05) is 15.9 Å². The van der Waals surface area contributed by atoms with Crippen molar-refractivity contribution >= 4 is 27.8 Å². The molecule has 0 bridgehead atoms. The molecule has 4 N–H and O–H groups in total. The largest absolute Gasteiger partial charge is 0.507 e. The maximum absolute atomic E-state index is 11.7. The van der Waals surface area contributed by atoms with Crippen LogP contribution in [0.25, 0.3) is 0 Å². The Kier molecular flexibility index (Phi) is 6.64. The van der Waals surface area contributed by atoms with E-state index in [0.717, 1.165) is 4.47 Å². The third-order valence-corrected chi connectivity index (χ3v) is 3.32. The Morgan fingerprint density at radius 1 is 1.48 bits per heavy atom. The molecule has 1 rings (SSSR count). The summed E-state index contributed by atoms with van der Waals surface area (Å²) in [5.74, 6) is -0.844. The molecule has 1 atom stereocenters. The highest BCUT2D eigenvalue weighted by Crippen LogP contribution is 2.33. The second kappa shape index (κ2) is 7.99. The smallest absolute Gasteiger partial charge is 0.308 e. The fourth-order valence-corrected chi connectivity index (χ4v) is 2.50. The van der Waals surface area contributed by atoms with Gasteiger partial charge in [0.05, 0.1) is 25.6 Å². The summed E-state index contributed by atoms with van der Waals surface area (Å²) >= 11 is 3.33. The lowest BCUT2D eigenvalue weighted by Gasteiger charge is -2.20. The quantitative estimate of drug-likeness (QED) is 0.669. The van der Waals surface area contributed by atoms with Gasteiger partial charge in [-0.25, -0.2) is 0 Å². The Balaban J connectivity index is 3.10. The van der Waals surface area contributed by atoms with E-state index < -0.39 is 17.9 Å². The van der Waals surface area contributed by atoms with E-state index in [-0.39, 0.29) is 25.3 Å². The molecule has 0 heterocycles. The minimum atomic E-state index is -0.698. The highest BCUT2D eigenvalue weighted by atomic mass is 79.9. The monoisotopic (exact) mass is 358 g/mol. The minimum absolute atomic E-state index is 0.0322. The average molecular weight is 359 g/mol. The summed E-state index contributed by atoms with van der Waals surface area (Å²) in [5.41, 5.74) is 6.36. The Hall–Kier alpha value is -1.60. The third kappa shape index (κ3) is 5.02. The predicted octanol–water partition coefficient (Wildman–Crippen LogP) is 1.53. The van der Waals surface area contributed by atoms with Crippen molar-refractivity contribution < 1.29 is 19.4 Å². The van der Waals surface area contributed by atoms with Gasteiger partial charge in [-0.05, 0) is 31.5 Å². The molecular formula is C14H19BrN2O4. The third-order valence-electron chi connectivity index (χ3n) is 2.87. The molecule has 21 heavy (non-hydrogen) atoms. The van der Waals surface area contributed by atoms with Crippen LogP contribution >= 0.6 is 15.9 Å². The molecule has 7 heteroatoms. The van der Waals surface area contributed by atoms with Crippen LogP contribution in [0.15, 0.2) is 16.6 Å². The number of nitrogens with two attached hydrogens (primary N) is 1. The molecule has 1 amide bonds. The van der Waals surface area contributed by atoms with E-state index in [9.17, 15) is 14.7 Å². The number of phenolic OH excluding ortho intramolecular Hbond substituents is 1.